The number of benzene rings is 1. The van der Waals surface area contributed by atoms with Crippen molar-refractivity contribution in [3.8, 4) is 5.75 Å². The highest BCUT2D eigenvalue weighted by Crippen LogP contribution is 2.32. The Morgan fingerprint density at radius 2 is 1.95 bits per heavy atom. The summed E-state index contributed by atoms with van der Waals surface area (Å²) in [5.74, 6) is -0.473. The summed E-state index contributed by atoms with van der Waals surface area (Å²) in [5.41, 5.74) is -0.207. The zero-order valence-electron chi connectivity index (χ0n) is 10.8. The molecule has 5 heteroatoms. The van der Waals surface area contributed by atoms with Crippen LogP contribution in [-0.2, 0) is 16.0 Å². The summed E-state index contributed by atoms with van der Waals surface area (Å²) in [4.78, 5) is 23.0. The molecule has 1 aromatic carbocycles. The van der Waals surface area contributed by atoms with E-state index in [2.05, 4.69) is 5.32 Å². The normalized spacial score (nSPS) is 16.3. The van der Waals surface area contributed by atoms with Gasteiger partial charge in [0.05, 0.1) is 13.5 Å². The fourth-order valence-corrected chi connectivity index (χ4v) is 2.16. The molecule has 1 aliphatic carbocycles. The second kappa shape index (κ2) is 5.30. The van der Waals surface area contributed by atoms with Crippen LogP contribution in [0, 0.1) is 0 Å². The molecular weight excluding hydrogens is 246 g/mol. The Balaban J connectivity index is 1.95. The number of ether oxygens (including phenoxy) is 1. The van der Waals surface area contributed by atoms with E-state index in [1.165, 1.54) is 0 Å². The number of carbonyl (C=O) groups is 2. The van der Waals surface area contributed by atoms with E-state index in [1.807, 2.05) is 0 Å². The van der Waals surface area contributed by atoms with Crippen LogP contribution in [0.3, 0.4) is 0 Å². The number of rotatable bonds is 5. The number of aliphatic carboxylic acids is 1. The number of carboxylic acids is 1. The number of nitrogens with one attached hydrogen (secondary N) is 1. The molecule has 1 fully saturated rings. The summed E-state index contributed by atoms with van der Waals surface area (Å²) in [6.07, 6.45) is 2.04. The van der Waals surface area contributed by atoms with E-state index in [0.29, 0.717) is 12.8 Å². The summed E-state index contributed by atoms with van der Waals surface area (Å²) in [6, 6.07) is 7.15. The summed E-state index contributed by atoms with van der Waals surface area (Å²) in [6.45, 7) is 0. The largest absolute Gasteiger partial charge is 0.497 e. The molecule has 0 aromatic heterocycles. The van der Waals surface area contributed by atoms with Crippen molar-refractivity contribution in [1.82, 2.24) is 5.32 Å². The van der Waals surface area contributed by atoms with E-state index in [4.69, 9.17) is 9.84 Å². The number of carbonyl (C=O) groups excluding carboxylic acids is 1. The predicted molar refractivity (Wildman–Crippen MR) is 69.1 cm³/mol. The molecule has 1 saturated carbocycles. The number of hydrogen-bond donors (Lipinski definition) is 2. The van der Waals surface area contributed by atoms with Gasteiger partial charge in [0.1, 0.15) is 11.3 Å². The van der Waals surface area contributed by atoms with Gasteiger partial charge in [-0.25, -0.2) is 4.79 Å². The Bertz CT molecular complexity index is 477. The molecule has 0 spiro atoms. The summed E-state index contributed by atoms with van der Waals surface area (Å²) < 4.78 is 5.03. The summed E-state index contributed by atoms with van der Waals surface area (Å²) >= 11 is 0. The predicted octanol–water partition coefficient (Wildman–Crippen LogP) is 1.36. The second-order valence-electron chi connectivity index (χ2n) is 4.81. The standard InChI is InChI=1S/C14H17NO4/c1-19-11-5-3-10(4-6-11)9-12(16)15-14(13(17)18)7-2-8-14/h3-6H,2,7-9H2,1H3,(H,15,16)(H,17,18). The van der Waals surface area contributed by atoms with Gasteiger partial charge in [0, 0.05) is 0 Å². The van der Waals surface area contributed by atoms with Gasteiger partial charge in [0.15, 0.2) is 0 Å². The number of carboxylic acid groups (broad SMARTS) is 1. The maximum absolute atomic E-state index is 11.9. The van der Waals surface area contributed by atoms with Crippen molar-refractivity contribution in [1.29, 1.82) is 0 Å². The van der Waals surface area contributed by atoms with Gasteiger partial charge in [0.25, 0.3) is 0 Å². The second-order valence-corrected chi connectivity index (χ2v) is 4.81. The van der Waals surface area contributed by atoms with Gasteiger partial charge in [-0.2, -0.15) is 0 Å². The third-order valence-electron chi connectivity index (χ3n) is 3.52. The Labute approximate surface area is 111 Å². The highest BCUT2D eigenvalue weighted by atomic mass is 16.5. The van der Waals surface area contributed by atoms with E-state index in [-0.39, 0.29) is 12.3 Å². The van der Waals surface area contributed by atoms with Crippen LogP contribution in [0.1, 0.15) is 24.8 Å². The van der Waals surface area contributed by atoms with E-state index in [0.717, 1.165) is 17.7 Å². The van der Waals surface area contributed by atoms with Crippen LogP contribution in [-0.4, -0.2) is 29.6 Å². The SMILES string of the molecule is COc1ccc(CC(=O)NC2(C(=O)O)CCC2)cc1. The molecule has 1 aromatic rings. The molecule has 2 N–H and O–H groups in total. The first-order valence-corrected chi connectivity index (χ1v) is 6.23. The number of hydrogen-bond acceptors (Lipinski definition) is 3. The summed E-state index contributed by atoms with van der Waals surface area (Å²) in [5, 5.41) is 11.8. The van der Waals surface area contributed by atoms with Crippen molar-refractivity contribution < 1.29 is 19.4 Å². The highest BCUT2D eigenvalue weighted by molar-refractivity contribution is 5.88. The Hall–Kier alpha value is -2.04. The first kappa shape index (κ1) is 13.4. The lowest BCUT2D eigenvalue weighted by Crippen LogP contribution is -2.59. The fourth-order valence-electron chi connectivity index (χ4n) is 2.16. The van der Waals surface area contributed by atoms with Gasteiger partial charge in [0.2, 0.25) is 5.91 Å². The average Bonchev–Trinajstić information content (AvgIpc) is 2.34. The number of methoxy groups -OCH3 is 1. The van der Waals surface area contributed by atoms with Crippen LogP contribution in [0.4, 0.5) is 0 Å². The molecule has 5 nitrogen and oxygen atoms in total. The van der Waals surface area contributed by atoms with Crippen LogP contribution >= 0.6 is 0 Å². The van der Waals surface area contributed by atoms with Gasteiger partial charge in [-0.15, -0.1) is 0 Å². The van der Waals surface area contributed by atoms with Crippen molar-refractivity contribution >= 4 is 11.9 Å². The molecule has 0 bridgehead atoms. The molecule has 1 amide bonds. The van der Waals surface area contributed by atoms with Gasteiger partial charge in [-0.3, -0.25) is 4.79 Å². The maximum Gasteiger partial charge on any atom is 0.329 e. The first-order valence-electron chi connectivity index (χ1n) is 6.23. The Morgan fingerprint density at radius 1 is 1.32 bits per heavy atom. The van der Waals surface area contributed by atoms with E-state index in [1.54, 1.807) is 31.4 Å². The zero-order chi connectivity index (χ0) is 13.9. The van der Waals surface area contributed by atoms with Crippen LogP contribution in [0.2, 0.25) is 0 Å². The third kappa shape index (κ3) is 2.86. The lowest BCUT2D eigenvalue weighted by molar-refractivity contribution is -0.151. The minimum absolute atomic E-state index is 0.180. The molecule has 19 heavy (non-hydrogen) atoms. The molecule has 0 atom stereocenters. The first-order chi connectivity index (χ1) is 9.05. The van der Waals surface area contributed by atoms with Crippen molar-refractivity contribution in [2.75, 3.05) is 7.11 Å². The lowest BCUT2D eigenvalue weighted by Gasteiger charge is -2.38. The molecule has 0 aliphatic heterocycles. The molecule has 0 radical (unpaired) electrons. The Morgan fingerprint density at radius 3 is 2.37 bits per heavy atom. The topological polar surface area (TPSA) is 75.6 Å². The maximum atomic E-state index is 11.9. The van der Waals surface area contributed by atoms with Crippen LogP contribution in [0.15, 0.2) is 24.3 Å². The van der Waals surface area contributed by atoms with Crippen LogP contribution in [0.5, 0.6) is 5.75 Å². The molecular formula is C14H17NO4. The third-order valence-corrected chi connectivity index (χ3v) is 3.52. The van der Waals surface area contributed by atoms with Crippen LogP contribution in [0.25, 0.3) is 0 Å². The Kier molecular flexibility index (Phi) is 3.74. The summed E-state index contributed by atoms with van der Waals surface area (Å²) in [7, 11) is 1.58. The van der Waals surface area contributed by atoms with E-state index in [9.17, 15) is 9.59 Å². The minimum atomic E-state index is -1.04. The van der Waals surface area contributed by atoms with Gasteiger partial charge in [-0.1, -0.05) is 12.1 Å². The van der Waals surface area contributed by atoms with Gasteiger partial charge >= 0.3 is 5.97 Å². The quantitative estimate of drug-likeness (QED) is 0.841. The zero-order valence-corrected chi connectivity index (χ0v) is 10.8. The van der Waals surface area contributed by atoms with Crippen LogP contribution < -0.4 is 10.1 Å². The average molecular weight is 263 g/mol. The van der Waals surface area contributed by atoms with Gasteiger partial charge in [-0.05, 0) is 37.0 Å². The number of amides is 1. The lowest BCUT2D eigenvalue weighted by atomic mass is 9.76. The molecule has 0 heterocycles. The fraction of sp³-hybridized carbons (Fsp3) is 0.429. The van der Waals surface area contributed by atoms with Crippen molar-refractivity contribution in [3.05, 3.63) is 29.8 Å². The molecule has 0 saturated heterocycles. The van der Waals surface area contributed by atoms with Gasteiger partial charge < -0.3 is 15.2 Å². The smallest absolute Gasteiger partial charge is 0.329 e. The van der Waals surface area contributed by atoms with E-state index < -0.39 is 11.5 Å². The van der Waals surface area contributed by atoms with Crippen molar-refractivity contribution in [3.63, 3.8) is 0 Å². The van der Waals surface area contributed by atoms with Crippen molar-refractivity contribution in [2.24, 2.45) is 0 Å². The molecule has 102 valence electrons. The van der Waals surface area contributed by atoms with Crippen molar-refractivity contribution in [2.45, 2.75) is 31.2 Å². The molecule has 2 rings (SSSR count). The van der Waals surface area contributed by atoms with E-state index >= 15 is 0 Å². The molecule has 1 aliphatic rings. The minimum Gasteiger partial charge on any atom is -0.497 e. The highest BCUT2D eigenvalue weighted by Gasteiger charge is 2.45. The molecule has 0 unspecified atom stereocenters. The monoisotopic (exact) mass is 263 g/mol.